The Labute approximate surface area is 194 Å². The molecule has 0 radical (unpaired) electrons. The maximum atomic E-state index is 12.8. The van der Waals surface area contributed by atoms with Gasteiger partial charge in [0.1, 0.15) is 0 Å². The first kappa shape index (κ1) is 22.2. The Hall–Kier alpha value is -2.96. The molecule has 0 heterocycles. The van der Waals surface area contributed by atoms with Crippen molar-refractivity contribution in [3.63, 3.8) is 0 Å². The third-order valence-corrected chi connectivity index (χ3v) is 7.79. The van der Waals surface area contributed by atoms with Gasteiger partial charge in [0.15, 0.2) is 20.3 Å². The molecule has 1 aliphatic carbocycles. The van der Waals surface area contributed by atoms with Crippen molar-refractivity contribution < 1.29 is 9.53 Å². The van der Waals surface area contributed by atoms with Crippen LogP contribution in [0.3, 0.4) is 0 Å². The van der Waals surface area contributed by atoms with Crippen LogP contribution < -0.4 is 0 Å². The van der Waals surface area contributed by atoms with E-state index < -0.39 is 5.60 Å². The maximum absolute atomic E-state index is 12.8. The number of benzene rings is 3. The van der Waals surface area contributed by atoms with Crippen LogP contribution in [0.2, 0.25) is 0 Å². The highest BCUT2D eigenvalue weighted by atomic mass is 32.2. The maximum Gasteiger partial charge on any atom is 0.339 e. The Morgan fingerprint density at radius 2 is 1.31 bits per heavy atom. The number of rotatable bonds is 5. The molecule has 0 saturated heterocycles. The average molecular weight is 442 g/mol. The molecule has 32 heavy (non-hydrogen) atoms. The van der Waals surface area contributed by atoms with E-state index >= 15 is 0 Å². The molecule has 1 fully saturated rings. The summed E-state index contributed by atoms with van der Waals surface area (Å²) in [5.41, 5.74) is -0.245. The van der Waals surface area contributed by atoms with Gasteiger partial charge in [-0.3, -0.25) is 0 Å². The van der Waals surface area contributed by atoms with Crippen molar-refractivity contribution in [2.45, 2.75) is 59.8 Å². The highest BCUT2D eigenvalue weighted by Crippen LogP contribution is 2.31. The minimum atomic E-state index is -0.795. The second kappa shape index (κ2) is 10.1. The van der Waals surface area contributed by atoms with Gasteiger partial charge in [-0.2, -0.15) is 0 Å². The van der Waals surface area contributed by atoms with Crippen LogP contribution in [0.25, 0.3) is 0 Å². The van der Waals surface area contributed by atoms with Gasteiger partial charge in [-0.1, -0.05) is 61.1 Å². The van der Waals surface area contributed by atoms with Gasteiger partial charge >= 0.3 is 5.97 Å². The van der Waals surface area contributed by atoms with Gasteiger partial charge in [0.05, 0.1) is 16.5 Å². The normalized spacial score (nSPS) is 14.1. The van der Waals surface area contributed by atoms with Gasteiger partial charge in [-0.05, 0) is 75.2 Å². The van der Waals surface area contributed by atoms with Crippen LogP contribution in [0.5, 0.6) is 0 Å². The molecule has 0 spiro atoms. The van der Waals surface area contributed by atoms with E-state index in [0.717, 1.165) is 12.8 Å². The van der Waals surface area contributed by atoms with E-state index in [2.05, 4.69) is 60.4 Å². The van der Waals surface area contributed by atoms with Crippen LogP contribution in [0.15, 0.2) is 99.6 Å². The monoisotopic (exact) mass is 441 g/mol. The first-order valence-corrected chi connectivity index (χ1v) is 12.4. The van der Waals surface area contributed by atoms with Gasteiger partial charge in [0, 0.05) is 5.92 Å². The fourth-order valence-electron chi connectivity index (χ4n) is 3.91. The molecule has 162 valence electrons. The molecule has 2 nitrogen and oxygen atoms in total. The summed E-state index contributed by atoms with van der Waals surface area (Å²) in [7, 11) is -0.234. The lowest BCUT2D eigenvalue weighted by Crippen LogP contribution is -2.26. The summed E-state index contributed by atoms with van der Waals surface area (Å²) < 4.78 is 5.74. The molecule has 1 aliphatic rings. The molecule has 4 rings (SSSR count). The van der Waals surface area contributed by atoms with Crippen molar-refractivity contribution in [1.29, 1.82) is 0 Å². The quantitative estimate of drug-likeness (QED) is 0.244. The number of esters is 1. The third-order valence-electron chi connectivity index (χ3n) is 5.56. The Balaban J connectivity index is 1.52. The zero-order valence-corrected chi connectivity index (χ0v) is 19.5. The van der Waals surface area contributed by atoms with Crippen molar-refractivity contribution in [3.05, 3.63) is 90.5 Å². The Kier molecular flexibility index (Phi) is 7.02. The highest BCUT2D eigenvalue weighted by molar-refractivity contribution is 7.97. The van der Waals surface area contributed by atoms with Gasteiger partial charge in [0.2, 0.25) is 0 Å². The summed E-state index contributed by atoms with van der Waals surface area (Å²) >= 11 is 0. The number of hydrogen-bond acceptors (Lipinski definition) is 2. The zero-order valence-electron chi connectivity index (χ0n) is 18.7. The molecule has 0 atom stereocenters. The molecular formula is C29H29O2S+. The predicted molar refractivity (Wildman–Crippen MR) is 131 cm³/mol. The molecule has 0 aromatic heterocycles. The van der Waals surface area contributed by atoms with Crippen LogP contribution in [-0.4, -0.2) is 11.6 Å². The summed E-state index contributed by atoms with van der Waals surface area (Å²) in [5, 5.41) is 0. The van der Waals surface area contributed by atoms with E-state index in [1.54, 1.807) is 0 Å². The summed E-state index contributed by atoms with van der Waals surface area (Å²) in [5.74, 6) is 6.61. The van der Waals surface area contributed by atoms with Gasteiger partial charge < -0.3 is 4.74 Å². The van der Waals surface area contributed by atoms with E-state index in [-0.39, 0.29) is 16.9 Å². The molecule has 0 bridgehead atoms. The SMILES string of the molecule is CC(C)(C#CC1CCCC1)OC(=O)c1ccc([S+](c2ccccc2)c2ccccc2)cc1. The minimum absolute atomic E-state index is 0.234. The summed E-state index contributed by atoms with van der Waals surface area (Å²) in [6, 6.07) is 28.8. The van der Waals surface area contributed by atoms with Crippen molar-refractivity contribution in [2.75, 3.05) is 0 Å². The zero-order chi connectivity index (χ0) is 22.4. The lowest BCUT2D eigenvalue weighted by molar-refractivity contribution is 0.0203. The summed E-state index contributed by atoms with van der Waals surface area (Å²) in [6.45, 7) is 3.73. The van der Waals surface area contributed by atoms with Crippen molar-refractivity contribution >= 4 is 16.9 Å². The Bertz CT molecular complexity index is 1050. The van der Waals surface area contributed by atoms with Crippen LogP contribution >= 0.6 is 0 Å². The van der Waals surface area contributed by atoms with E-state index in [1.807, 2.05) is 50.2 Å². The topological polar surface area (TPSA) is 26.3 Å². The molecular weight excluding hydrogens is 412 g/mol. The first-order chi connectivity index (χ1) is 15.5. The Morgan fingerprint density at radius 3 is 1.84 bits per heavy atom. The van der Waals surface area contributed by atoms with Crippen LogP contribution in [0.1, 0.15) is 49.9 Å². The van der Waals surface area contributed by atoms with Crippen LogP contribution in [0, 0.1) is 17.8 Å². The van der Waals surface area contributed by atoms with E-state index in [1.165, 1.54) is 27.5 Å². The lowest BCUT2D eigenvalue weighted by atomic mass is 10.1. The average Bonchev–Trinajstić information content (AvgIpc) is 3.34. The Morgan fingerprint density at radius 1 is 0.812 bits per heavy atom. The predicted octanol–water partition coefficient (Wildman–Crippen LogP) is 6.91. The van der Waals surface area contributed by atoms with Crippen LogP contribution in [0.4, 0.5) is 0 Å². The van der Waals surface area contributed by atoms with Gasteiger partial charge in [-0.25, -0.2) is 4.79 Å². The second-order valence-electron chi connectivity index (χ2n) is 8.61. The number of ether oxygens (including phenoxy) is 1. The molecule has 0 unspecified atom stereocenters. The second-order valence-corrected chi connectivity index (χ2v) is 10.6. The van der Waals surface area contributed by atoms with Gasteiger partial charge in [-0.15, -0.1) is 0 Å². The number of carbonyl (C=O) groups excluding carboxylic acids is 1. The summed E-state index contributed by atoms with van der Waals surface area (Å²) in [6.07, 6.45) is 4.81. The molecule has 1 saturated carbocycles. The van der Waals surface area contributed by atoms with Crippen LogP contribution in [-0.2, 0) is 15.6 Å². The van der Waals surface area contributed by atoms with E-state index in [9.17, 15) is 4.79 Å². The molecule has 3 aromatic rings. The van der Waals surface area contributed by atoms with E-state index in [4.69, 9.17) is 4.74 Å². The minimum Gasteiger partial charge on any atom is -0.443 e. The van der Waals surface area contributed by atoms with Crippen molar-refractivity contribution in [3.8, 4) is 11.8 Å². The summed E-state index contributed by atoms with van der Waals surface area (Å²) in [4.78, 5) is 16.5. The molecule has 0 amide bonds. The largest absolute Gasteiger partial charge is 0.443 e. The third kappa shape index (κ3) is 5.64. The van der Waals surface area contributed by atoms with Crippen molar-refractivity contribution in [2.24, 2.45) is 5.92 Å². The number of hydrogen-bond donors (Lipinski definition) is 0. The molecule has 3 heteroatoms. The van der Waals surface area contributed by atoms with E-state index in [0.29, 0.717) is 11.5 Å². The number of carbonyl (C=O) groups is 1. The van der Waals surface area contributed by atoms with Crippen molar-refractivity contribution in [1.82, 2.24) is 0 Å². The van der Waals surface area contributed by atoms with Gasteiger partial charge in [0.25, 0.3) is 0 Å². The smallest absolute Gasteiger partial charge is 0.339 e. The fraction of sp³-hybridized carbons (Fsp3) is 0.276. The molecule has 0 aliphatic heterocycles. The first-order valence-electron chi connectivity index (χ1n) is 11.2. The standard InChI is InChI=1S/C29H29O2S/c1-29(2,22-21-23-11-9-10-12-23)31-28(30)24-17-19-27(20-18-24)32(25-13-5-3-6-14-25)26-15-7-4-8-16-26/h3-8,13-20,23H,9-12H2,1-2H3/q+1. The lowest BCUT2D eigenvalue weighted by Gasteiger charge is -2.19. The highest BCUT2D eigenvalue weighted by Gasteiger charge is 2.29. The molecule has 3 aromatic carbocycles. The fourth-order valence-corrected chi connectivity index (χ4v) is 5.99. The molecule has 0 N–H and O–H groups in total.